The quantitative estimate of drug-likeness (QED) is 0.777. The number of hydrogen-bond donors (Lipinski definition) is 1. The van der Waals surface area contributed by atoms with Crippen LogP contribution >= 0.6 is 22.7 Å². The third-order valence-corrected chi connectivity index (χ3v) is 4.46. The average molecular weight is 223 g/mol. The van der Waals surface area contributed by atoms with Crippen LogP contribution in [0.2, 0.25) is 0 Å². The second-order valence-electron chi connectivity index (χ2n) is 3.16. The molecule has 2 aromatic rings. The summed E-state index contributed by atoms with van der Waals surface area (Å²) < 4.78 is 2.80. The molecule has 0 amide bonds. The van der Waals surface area contributed by atoms with E-state index in [2.05, 4.69) is 29.4 Å². The molecule has 0 aliphatic heterocycles. The van der Waals surface area contributed by atoms with Crippen LogP contribution in [0, 0.1) is 0 Å². The number of hydrogen-bond acceptors (Lipinski definition) is 3. The fourth-order valence-corrected chi connectivity index (χ4v) is 3.74. The first-order valence-corrected chi connectivity index (χ1v) is 6.30. The van der Waals surface area contributed by atoms with Gasteiger partial charge in [-0.1, -0.05) is 6.08 Å². The van der Waals surface area contributed by atoms with E-state index in [1.807, 2.05) is 35.8 Å². The maximum Gasteiger partial charge on any atom is 0.0454 e. The minimum absolute atomic E-state index is 0.428. The zero-order valence-corrected chi connectivity index (χ0v) is 9.75. The molecule has 1 nitrogen and oxygen atoms in total. The van der Waals surface area contributed by atoms with Crippen LogP contribution in [0.15, 0.2) is 30.2 Å². The third-order valence-electron chi connectivity index (χ3n) is 2.25. The molecule has 0 aliphatic carbocycles. The van der Waals surface area contributed by atoms with Gasteiger partial charge in [0.2, 0.25) is 0 Å². The van der Waals surface area contributed by atoms with Crippen LogP contribution in [0.4, 0.5) is 0 Å². The van der Waals surface area contributed by atoms with Gasteiger partial charge in [-0.3, -0.25) is 0 Å². The van der Waals surface area contributed by atoms with Crippen molar-refractivity contribution in [1.29, 1.82) is 0 Å². The number of thiophene rings is 2. The molecule has 3 heteroatoms. The standard InChI is InChI=1S/C11H13NS2/c1-3-4-8(12-2)10-7-11-9(14-10)5-6-13-11/h3,5-8,12H,1,4H2,2H3. The molecule has 0 bridgehead atoms. The molecule has 14 heavy (non-hydrogen) atoms. The number of rotatable bonds is 4. The van der Waals surface area contributed by atoms with Gasteiger partial charge in [-0.05, 0) is 31.0 Å². The van der Waals surface area contributed by atoms with Gasteiger partial charge in [0.1, 0.15) is 0 Å². The van der Waals surface area contributed by atoms with E-state index in [0.29, 0.717) is 6.04 Å². The molecule has 0 radical (unpaired) electrons. The Kier molecular flexibility index (Phi) is 3.01. The summed E-state index contributed by atoms with van der Waals surface area (Å²) >= 11 is 3.69. The lowest BCUT2D eigenvalue weighted by Gasteiger charge is -2.10. The molecule has 1 N–H and O–H groups in total. The third kappa shape index (κ3) is 1.75. The summed E-state index contributed by atoms with van der Waals surface area (Å²) in [5, 5.41) is 5.46. The van der Waals surface area contributed by atoms with E-state index in [9.17, 15) is 0 Å². The molecular weight excluding hydrogens is 210 g/mol. The van der Waals surface area contributed by atoms with E-state index >= 15 is 0 Å². The molecule has 1 unspecified atom stereocenters. The fraction of sp³-hybridized carbons (Fsp3) is 0.273. The van der Waals surface area contributed by atoms with Gasteiger partial charge in [-0.15, -0.1) is 29.3 Å². The Hall–Kier alpha value is -0.640. The molecule has 0 fully saturated rings. The van der Waals surface area contributed by atoms with Crippen molar-refractivity contribution in [3.8, 4) is 0 Å². The first kappa shape index (κ1) is 9.90. The Balaban J connectivity index is 2.32. The molecule has 0 saturated carbocycles. The molecule has 74 valence electrons. The van der Waals surface area contributed by atoms with Crippen molar-refractivity contribution in [3.63, 3.8) is 0 Å². The van der Waals surface area contributed by atoms with Crippen molar-refractivity contribution in [3.05, 3.63) is 35.0 Å². The highest BCUT2D eigenvalue weighted by molar-refractivity contribution is 7.26. The second kappa shape index (κ2) is 4.26. The molecule has 0 aliphatic rings. The maximum atomic E-state index is 3.78. The van der Waals surface area contributed by atoms with Gasteiger partial charge in [0.25, 0.3) is 0 Å². The van der Waals surface area contributed by atoms with Crippen LogP contribution in [0.1, 0.15) is 17.3 Å². The molecular formula is C11H13NS2. The minimum Gasteiger partial charge on any atom is -0.312 e. The van der Waals surface area contributed by atoms with Crippen LogP contribution in [-0.4, -0.2) is 7.05 Å². The zero-order chi connectivity index (χ0) is 9.97. The van der Waals surface area contributed by atoms with E-state index in [0.717, 1.165) is 6.42 Å². The van der Waals surface area contributed by atoms with Gasteiger partial charge < -0.3 is 5.32 Å². The topological polar surface area (TPSA) is 12.0 Å². The monoisotopic (exact) mass is 223 g/mol. The van der Waals surface area contributed by atoms with Crippen molar-refractivity contribution in [2.45, 2.75) is 12.5 Å². The Morgan fingerprint density at radius 2 is 2.43 bits per heavy atom. The first-order chi connectivity index (χ1) is 6.85. The van der Waals surface area contributed by atoms with E-state index in [1.54, 1.807) is 0 Å². The molecule has 0 saturated heterocycles. The summed E-state index contributed by atoms with van der Waals surface area (Å²) in [6, 6.07) is 4.90. The van der Waals surface area contributed by atoms with E-state index < -0.39 is 0 Å². The highest BCUT2D eigenvalue weighted by atomic mass is 32.1. The Morgan fingerprint density at radius 3 is 3.07 bits per heavy atom. The summed E-state index contributed by atoms with van der Waals surface area (Å²) in [6.45, 7) is 3.78. The predicted molar refractivity (Wildman–Crippen MR) is 66.3 cm³/mol. The SMILES string of the molecule is C=CCC(NC)c1cc2sccc2s1. The lowest BCUT2D eigenvalue weighted by atomic mass is 10.2. The molecule has 1 atom stereocenters. The smallest absolute Gasteiger partial charge is 0.0454 e. The van der Waals surface area contributed by atoms with Crippen molar-refractivity contribution < 1.29 is 0 Å². The van der Waals surface area contributed by atoms with Crippen molar-refractivity contribution >= 4 is 32.1 Å². The van der Waals surface area contributed by atoms with Gasteiger partial charge >= 0.3 is 0 Å². The highest BCUT2D eigenvalue weighted by Gasteiger charge is 2.11. The Labute approximate surface area is 92.1 Å². The van der Waals surface area contributed by atoms with Gasteiger partial charge in [0.15, 0.2) is 0 Å². The molecule has 0 aromatic carbocycles. The highest BCUT2D eigenvalue weighted by Crippen LogP contribution is 2.34. The summed E-state index contributed by atoms with van der Waals surface area (Å²) in [5.74, 6) is 0. The molecule has 2 heterocycles. The van der Waals surface area contributed by atoms with Crippen LogP contribution in [-0.2, 0) is 0 Å². The van der Waals surface area contributed by atoms with Crippen molar-refractivity contribution in [1.82, 2.24) is 5.32 Å². The summed E-state index contributed by atoms with van der Waals surface area (Å²) in [4.78, 5) is 1.41. The fourth-order valence-electron chi connectivity index (χ4n) is 1.50. The van der Waals surface area contributed by atoms with Crippen LogP contribution in [0.25, 0.3) is 9.40 Å². The molecule has 2 rings (SSSR count). The van der Waals surface area contributed by atoms with Crippen LogP contribution < -0.4 is 5.32 Å². The lowest BCUT2D eigenvalue weighted by Crippen LogP contribution is -2.13. The predicted octanol–water partition coefficient (Wildman–Crippen LogP) is 3.80. The Bertz CT molecular complexity index is 399. The normalized spacial score (nSPS) is 13.2. The minimum atomic E-state index is 0.428. The largest absolute Gasteiger partial charge is 0.312 e. The zero-order valence-electron chi connectivity index (χ0n) is 8.12. The van der Waals surface area contributed by atoms with Gasteiger partial charge in [-0.2, -0.15) is 0 Å². The van der Waals surface area contributed by atoms with Crippen molar-refractivity contribution in [2.75, 3.05) is 7.05 Å². The summed E-state index contributed by atoms with van der Waals surface area (Å²) in [5.41, 5.74) is 0. The summed E-state index contributed by atoms with van der Waals surface area (Å²) in [6.07, 6.45) is 2.96. The maximum absolute atomic E-state index is 3.78. The number of nitrogens with one attached hydrogen (secondary N) is 1. The first-order valence-electron chi connectivity index (χ1n) is 4.60. The second-order valence-corrected chi connectivity index (χ2v) is 5.23. The summed E-state index contributed by atoms with van der Waals surface area (Å²) in [7, 11) is 2.00. The van der Waals surface area contributed by atoms with Crippen LogP contribution in [0.3, 0.4) is 0 Å². The van der Waals surface area contributed by atoms with Crippen LogP contribution in [0.5, 0.6) is 0 Å². The van der Waals surface area contributed by atoms with Crippen molar-refractivity contribution in [2.24, 2.45) is 0 Å². The van der Waals surface area contributed by atoms with Gasteiger partial charge in [-0.25, -0.2) is 0 Å². The van der Waals surface area contributed by atoms with Gasteiger partial charge in [0, 0.05) is 20.3 Å². The van der Waals surface area contributed by atoms with E-state index in [-0.39, 0.29) is 0 Å². The van der Waals surface area contributed by atoms with Gasteiger partial charge in [0.05, 0.1) is 0 Å². The van der Waals surface area contributed by atoms with E-state index in [1.165, 1.54) is 14.3 Å². The molecule has 2 aromatic heterocycles. The molecule has 0 spiro atoms. The lowest BCUT2D eigenvalue weighted by molar-refractivity contribution is 0.614. The van der Waals surface area contributed by atoms with E-state index in [4.69, 9.17) is 0 Å². The Morgan fingerprint density at radius 1 is 1.57 bits per heavy atom. The average Bonchev–Trinajstić information content (AvgIpc) is 2.73. The number of fused-ring (bicyclic) bond motifs is 1.